The topological polar surface area (TPSA) is 17.8 Å². The van der Waals surface area contributed by atoms with Gasteiger partial charge < -0.3 is 4.57 Å². The Morgan fingerprint density at radius 3 is 3.50 bits per heavy atom. The predicted molar refractivity (Wildman–Crippen MR) is 23.2 cm³/mol. The molecule has 0 atom stereocenters. The van der Waals surface area contributed by atoms with E-state index in [-0.39, 0.29) is 12.3 Å². The van der Waals surface area contributed by atoms with Gasteiger partial charge in [0.1, 0.15) is 0 Å². The second-order valence-electron chi connectivity index (χ2n) is 0.838. The first-order valence-corrected chi connectivity index (χ1v) is 1.44. The Hall–Kier alpha value is -0.790. The molecule has 2 heteroatoms. The first-order chi connectivity index (χ1) is 4.93. The summed E-state index contributed by atoms with van der Waals surface area (Å²) in [6.07, 6.45) is 0.267. The highest BCUT2D eigenvalue weighted by atomic mass is 15.0. The van der Waals surface area contributed by atoms with Crippen molar-refractivity contribution in [1.29, 1.82) is 0 Å². The van der Waals surface area contributed by atoms with Crippen molar-refractivity contribution in [3.05, 3.63) is 18.7 Å². The molecule has 0 radical (unpaired) electrons. The first-order valence-electron chi connectivity index (χ1n) is 3.94. The molecule has 0 aromatic carbocycles. The highest BCUT2D eigenvalue weighted by Gasteiger charge is 1.69. The largest absolute Gasteiger partial charge is 0.341 e. The Bertz CT molecular complexity index is 262. The monoisotopic (exact) mass is 87.1 g/mol. The molecule has 1 aromatic heterocycles. The average Bonchev–Trinajstić information content (AvgIpc) is 2.11. The maximum Gasteiger partial charge on any atom is 0.0943 e. The highest BCUT2D eigenvalue weighted by molar-refractivity contribution is 4.70. The zero-order valence-electron chi connectivity index (χ0n) is 7.97. The lowest BCUT2D eigenvalue weighted by molar-refractivity contribution is 0.913. The lowest BCUT2D eigenvalue weighted by atomic mass is 10.9. The normalized spacial score (nSPS) is 23.0. The third-order valence-corrected chi connectivity index (χ3v) is 0.408. The van der Waals surface area contributed by atoms with Crippen molar-refractivity contribution in [3.63, 3.8) is 0 Å². The van der Waals surface area contributed by atoms with Gasteiger partial charge in [0.05, 0.1) is 9.07 Å². The van der Waals surface area contributed by atoms with Crippen molar-refractivity contribution in [2.24, 2.45) is 6.98 Å². The molecule has 0 spiro atoms. The third kappa shape index (κ3) is 0.407. The van der Waals surface area contributed by atoms with E-state index >= 15 is 0 Å². The molecule has 1 aromatic rings. The van der Waals surface area contributed by atoms with Crippen LogP contribution in [0.5, 0.6) is 0 Å². The summed E-state index contributed by atoms with van der Waals surface area (Å²) in [7, 11) is 0. The molecule has 0 amide bonds. The van der Waals surface area contributed by atoms with E-state index in [2.05, 4.69) is 4.98 Å². The number of rotatable bonds is 0. The Morgan fingerprint density at radius 2 is 3.17 bits per heavy atom. The second-order valence-corrected chi connectivity index (χ2v) is 0.838. The summed E-state index contributed by atoms with van der Waals surface area (Å²) >= 11 is 0. The second kappa shape index (κ2) is 1.12. The number of hydrogen-bond acceptors (Lipinski definition) is 1. The Kier molecular flexibility index (Phi) is 0.166. The van der Waals surface area contributed by atoms with Crippen molar-refractivity contribution < 1.29 is 6.85 Å². The zero-order valence-corrected chi connectivity index (χ0v) is 2.97. The van der Waals surface area contributed by atoms with Crippen molar-refractivity contribution in [1.82, 2.24) is 9.55 Å². The van der Waals surface area contributed by atoms with Gasteiger partial charge in [-0.2, -0.15) is 0 Å². The van der Waals surface area contributed by atoms with Crippen LogP contribution in [0.15, 0.2) is 18.7 Å². The van der Waals surface area contributed by atoms with E-state index in [0.29, 0.717) is 4.57 Å². The summed E-state index contributed by atoms with van der Waals surface area (Å²) in [6, 6.07) is 0. The quantitative estimate of drug-likeness (QED) is 0.448. The van der Waals surface area contributed by atoms with Gasteiger partial charge in [-0.05, 0) is 0 Å². The van der Waals surface area contributed by atoms with Gasteiger partial charge >= 0.3 is 0 Å². The molecule has 0 aliphatic carbocycles. The number of imidazole rings is 1. The minimum Gasteiger partial charge on any atom is -0.341 e. The summed E-state index contributed by atoms with van der Waals surface area (Å²) in [5.41, 5.74) is 0. The molecule has 2 nitrogen and oxygen atoms in total. The average molecular weight is 87.1 g/mol. The molecule has 0 fully saturated rings. The lowest BCUT2D eigenvalue weighted by Gasteiger charge is -1.76. The van der Waals surface area contributed by atoms with Crippen LogP contribution in [-0.4, -0.2) is 9.55 Å². The minimum atomic E-state index is -2.40. The predicted octanol–water partition coefficient (Wildman–Crippen LogP) is 0.420. The van der Waals surface area contributed by atoms with Gasteiger partial charge in [-0.25, -0.2) is 4.98 Å². The van der Waals surface area contributed by atoms with E-state index in [1.807, 2.05) is 0 Å². The Balaban J connectivity index is 3.15. The maximum absolute atomic E-state index is 7.08. The minimum absolute atomic E-state index is 0.318. The number of hydrogen-bond donors (Lipinski definition) is 0. The van der Waals surface area contributed by atoms with Gasteiger partial charge in [0.25, 0.3) is 0 Å². The summed E-state index contributed by atoms with van der Waals surface area (Å²) in [5, 5.41) is 0. The van der Waals surface area contributed by atoms with E-state index in [9.17, 15) is 0 Å². The molecular formula is C4H6N2. The summed E-state index contributed by atoms with van der Waals surface area (Å²) in [6.45, 7) is -2.40. The lowest BCUT2D eigenvalue weighted by Crippen LogP contribution is -1.76. The molecule has 0 aliphatic heterocycles. The summed E-state index contributed by atoms with van der Waals surface area (Å²) < 4.78 is 35.4. The van der Waals surface area contributed by atoms with Crippen LogP contribution < -0.4 is 0 Å². The van der Waals surface area contributed by atoms with Crippen molar-refractivity contribution in [3.8, 4) is 0 Å². The molecular weight excluding hydrogens is 76.1 g/mol. The molecule has 6 heavy (non-hydrogen) atoms. The number of aromatic nitrogens is 2. The van der Waals surface area contributed by atoms with Gasteiger partial charge in [0.15, 0.2) is 0 Å². The molecule has 0 unspecified atom stereocenters. The Labute approximate surface area is 43.5 Å². The fourth-order valence-electron chi connectivity index (χ4n) is 0.198. The zero-order chi connectivity index (χ0) is 8.65. The van der Waals surface area contributed by atoms with Gasteiger partial charge in [0, 0.05) is 23.4 Å². The van der Waals surface area contributed by atoms with Crippen LogP contribution in [0.3, 0.4) is 0 Å². The SMILES string of the molecule is [2H]c1ncn(C([2H])([2H])[2H])c1[2H]. The smallest absolute Gasteiger partial charge is 0.0943 e. The van der Waals surface area contributed by atoms with Crippen LogP contribution in [0.25, 0.3) is 0 Å². The fourth-order valence-corrected chi connectivity index (χ4v) is 0.198. The van der Waals surface area contributed by atoms with Crippen LogP contribution in [0.1, 0.15) is 6.85 Å². The molecule has 0 bridgehead atoms. The van der Waals surface area contributed by atoms with E-state index in [4.69, 9.17) is 6.85 Å². The molecule has 0 saturated heterocycles. The summed E-state index contributed by atoms with van der Waals surface area (Å²) in [4.78, 5) is 3.36. The van der Waals surface area contributed by atoms with Crippen molar-refractivity contribution in [2.45, 2.75) is 0 Å². The summed E-state index contributed by atoms with van der Waals surface area (Å²) in [5.74, 6) is 0. The van der Waals surface area contributed by atoms with E-state index in [0.717, 1.165) is 6.33 Å². The third-order valence-electron chi connectivity index (χ3n) is 0.408. The van der Waals surface area contributed by atoms with Gasteiger partial charge in [0.2, 0.25) is 0 Å². The first kappa shape index (κ1) is 0.886. The van der Waals surface area contributed by atoms with Gasteiger partial charge in [-0.1, -0.05) is 0 Å². The molecule has 32 valence electrons. The molecule has 0 aliphatic rings. The highest BCUT2D eigenvalue weighted by Crippen LogP contribution is 1.73. The van der Waals surface area contributed by atoms with Crippen LogP contribution >= 0.6 is 0 Å². The van der Waals surface area contributed by atoms with E-state index in [1.165, 1.54) is 0 Å². The fraction of sp³-hybridized carbons (Fsp3) is 0.250. The molecule has 1 rings (SSSR count). The van der Waals surface area contributed by atoms with Crippen LogP contribution in [0.2, 0.25) is 0 Å². The number of nitrogens with zero attached hydrogens (tertiary/aromatic N) is 2. The van der Waals surface area contributed by atoms with Crippen LogP contribution in [0, 0.1) is 0 Å². The van der Waals surface area contributed by atoms with E-state index < -0.39 is 6.98 Å². The molecule has 1 heterocycles. The molecule has 0 N–H and O–H groups in total. The van der Waals surface area contributed by atoms with E-state index in [1.54, 1.807) is 0 Å². The van der Waals surface area contributed by atoms with Crippen LogP contribution in [-0.2, 0) is 6.98 Å². The van der Waals surface area contributed by atoms with Crippen molar-refractivity contribution >= 4 is 0 Å². The Morgan fingerprint density at radius 1 is 2.17 bits per heavy atom. The van der Waals surface area contributed by atoms with Gasteiger partial charge in [-0.15, -0.1) is 0 Å². The molecule has 0 saturated carbocycles. The van der Waals surface area contributed by atoms with Crippen LogP contribution in [0.4, 0.5) is 0 Å². The maximum atomic E-state index is 7.08. The van der Waals surface area contributed by atoms with Crippen molar-refractivity contribution in [2.75, 3.05) is 0 Å². The standard InChI is InChI=1S/C4H6N2/c1-6-3-2-5-4-6/h2-4H,1H3/i1D3,2D,3D. The van der Waals surface area contributed by atoms with Gasteiger partial charge in [-0.3, -0.25) is 0 Å². The number of aryl methyl sites for hydroxylation is 1.